The summed E-state index contributed by atoms with van der Waals surface area (Å²) in [5.41, 5.74) is 4.61. The number of carbonyl (C=O) groups excluding carboxylic acids is 2. The van der Waals surface area contributed by atoms with E-state index < -0.39 is 6.04 Å². The maximum absolute atomic E-state index is 14.0. The molecule has 3 atom stereocenters. The Hall–Kier alpha value is -2.73. The Kier molecular flexibility index (Phi) is 8.78. The second kappa shape index (κ2) is 12.0. The van der Waals surface area contributed by atoms with E-state index in [-0.39, 0.29) is 29.8 Å². The Labute approximate surface area is 216 Å². The van der Waals surface area contributed by atoms with Gasteiger partial charge in [-0.25, -0.2) is 0 Å². The predicted octanol–water partition coefficient (Wildman–Crippen LogP) is 5.21. The van der Waals surface area contributed by atoms with Crippen LogP contribution in [0.25, 0.3) is 11.1 Å². The summed E-state index contributed by atoms with van der Waals surface area (Å²) in [7, 11) is 1.77. The van der Waals surface area contributed by atoms with E-state index in [1.165, 1.54) is 12.0 Å². The van der Waals surface area contributed by atoms with Gasteiger partial charge < -0.3 is 15.5 Å². The third-order valence-corrected chi connectivity index (χ3v) is 8.08. The smallest absolute Gasteiger partial charge is 0.245 e. The monoisotopic (exact) mass is 490 g/mol. The van der Waals surface area contributed by atoms with Crippen LogP contribution in [0.5, 0.6) is 0 Å². The van der Waals surface area contributed by atoms with Gasteiger partial charge in [-0.3, -0.25) is 14.6 Å². The number of carbonyl (C=O) groups is 2. The number of benzene rings is 1. The first-order valence-corrected chi connectivity index (χ1v) is 13.7. The van der Waals surface area contributed by atoms with Crippen molar-refractivity contribution in [2.24, 2.45) is 5.92 Å². The SMILES string of the molecule is CNC(C)C(=O)N[C@H](C(=O)N1CCC[C@H]1c1cncc(-c2cccc(C(C)C)c2)c1)C1CCCCC1. The van der Waals surface area contributed by atoms with Crippen molar-refractivity contribution in [2.45, 2.75) is 89.8 Å². The number of pyridine rings is 1. The molecule has 0 bridgehead atoms. The van der Waals surface area contributed by atoms with Gasteiger partial charge >= 0.3 is 0 Å². The first-order valence-electron chi connectivity index (χ1n) is 13.7. The molecule has 0 radical (unpaired) electrons. The molecule has 2 heterocycles. The zero-order chi connectivity index (χ0) is 25.7. The van der Waals surface area contributed by atoms with Crippen molar-refractivity contribution < 1.29 is 9.59 Å². The standard InChI is InChI=1S/C30H42N4O2/c1-20(2)23-12-8-13-24(16-23)25-17-26(19-32-18-25)27-14-9-15-34(27)30(36)28(22-10-6-5-7-11-22)33-29(35)21(3)31-4/h8,12-13,16-22,27-28,31H,5-7,9-11,14-15H2,1-4H3,(H,33,35)/t21?,27-,28-/m0/s1. The number of likely N-dealkylation sites (tertiary alicyclic amines) is 1. The van der Waals surface area contributed by atoms with E-state index in [1.54, 1.807) is 7.05 Å². The molecule has 0 spiro atoms. The number of rotatable bonds is 8. The largest absolute Gasteiger partial charge is 0.343 e. The van der Waals surface area contributed by atoms with Crippen LogP contribution in [0.1, 0.15) is 88.8 Å². The van der Waals surface area contributed by atoms with Crippen molar-refractivity contribution in [3.05, 3.63) is 53.9 Å². The van der Waals surface area contributed by atoms with Crippen LogP contribution in [0.4, 0.5) is 0 Å². The summed E-state index contributed by atoms with van der Waals surface area (Å²) in [5.74, 6) is 0.615. The van der Waals surface area contributed by atoms with Crippen LogP contribution in [0.2, 0.25) is 0 Å². The molecule has 194 valence electrons. The number of amides is 2. The van der Waals surface area contributed by atoms with Crippen LogP contribution in [0.15, 0.2) is 42.7 Å². The molecule has 2 aromatic rings. The maximum Gasteiger partial charge on any atom is 0.245 e. The molecular weight excluding hydrogens is 448 g/mol. The van der Waals surface area contributed by atoms with Gasteiger partial charge in [0.2, 0.25) is 11.8 Å². The molecular formula is C30H42N4O2. The minimum Gasteiger partial charge on any atom is -0.343 e. The van der Waals surface area contributed by atoms with Crippen LogP contribution in [0, 0.1) is 5.92 Å². The molecule has 2 fully saturated rings. The topological polar surface area (TPSA) is 74.3 Å². The quantitative estimate of drug-likeness (QED) is 0.533. The number of hydrogen-bond donors (Lipinski definition) is 2. The molecule has 6 heteroatoms. The van der Waals surface area contributed by atoms with Crippen LogP contribution < -0.4 is 10.6 Å². The Morgan fingerprint density at radius 3 is 2.47 bits per heavy atom. The van der Waals surface area contributed by atoms with Crippen molar-refractivity contribution in [3.63, 3.8) is 0 Å². The molecule has 1 saturated heterocycles. The number of aromatic nitrogens is 1. The molecule has 1 unspecified atom stereocenters. The summed E-state index contributed by atoms with van der Waals surface area (Å²) < 4.78 is 0. The predicted molar refractivity (Wildman–Crippen MR) is 144 cm³/mol. The van der Waals surface area contributed by atoms with Gasteiger partial charge in [0.25, 0.3) is 0 Å². The van der Waals surface area contributed by atoms with E-state index in [2.05, 4.69) is 59.8 Å². The fourth-order valence-electron chi connectivity index (χ4n) is 5.69. The van der Waals surface area contributed by atoms with E-state index in [0.717, 1.165) is 61.8 Å². The zero-order valence-corrected chi connectivity index (χ0v) is 22.3. The molecule has 36 heavy (non-hydrogen) atoms. The fraction of sp³-hybridized carbons (Fsp3) is 0.567. The molecule has 6 nitrogen and oxygen atoms in total. The fourth-order valence-corrected chi connectivity index (χ4v) is 5.69. The summed E-state index contributed by atoms with van der Waals surface area (Å²) in [6.07, 6.45) is 11.1. The number of hydrogen-bond acceptors (Lipinski definition) is 4. The lowest BCUT2D eigenvalue weighted by Gasteiger charge is -2.35. The van der Waals surface area contributed by atoms with Crippen molar-refractivity contribution in [1.82, 2.24) is 20.5 Å². The average Bonchev–Trinajstić information content (AvgIpc) is 3.41. The summed E-state index contributed by atoms with van der Waals surface area (Å²) in [6, 6.07) is 10.0. The van der Waals surface area contributed by atoms with Crippen LogP contribution in [-0.4, -0.2) is 47.4 Å². The van der Waals surface area contributed by atoms with Crippen LogP contribution in [0.3, 0.4) is 0 Å². The molecule has 2 N–H and O–H groups in total. The highest BCUT2D eigenvalue weighted by Crippen LogP contribution is 2.36. The Balaban J connectivity index is 1.58. The molecule has 2 aliphatic rings. The van der Waals surface area contributed by atoms with E-state index >= 15 is 0 Å². The molecule has 1 aliphatic heterocycles. The van der Waals surface area contributed by atoms with Crippen molar-refractivity contribution in [1.29, 1.82) is 0 Å². The second-order valence-electron chi connectivity index (χ2n) is 10.9. The van der Waals surface area contributed by atoms with Crippen LogP contribution >= 0.6 is 0 Å². The van der Waals surface area contributed by atoms with Gasteiger partial charge in [0, 0.05) is 24.5 Å². The van der Waals surface area contributed by atoms with Gasteiger partial charge in [0.15, 0.2) is 0 Å². The molecule has 1 aromatic carbocycles. The van der Waals surface area contributed by atoms with Gasteiger partial charge in [-0.2, -0.15) is 0 Å². The lowest BCUT2D eigenvalue weighted by Crippen LogP contribution is -2.55. The molecule has 1 aliphatic carbocycles. The molecule has 1 saturated carbocycles. The van der Waals surface area contributed by atoms with Gasteiger partial charge in [-0.05, 0) is 74.2 Å². The van der Waals surface area contributed by atoms with Crippen molar-refractivity contribution in [2.75, 3.05) is 13.6 Å². The Morgan fingerprint density at radius 2 is 1.75 bits per heavy atom. The van der Waals surface area contributed by atoms with Crippen molar-refractivity contribution >= 4 is 11.8 Å². The maximum atomic E-state index is 14.0. The van der Waals surface area contributed by atoms with Crippen LogP contribution in [-0.2, 0) is 9.59 Å². The first-order chi connectivity index (χ1) is 17.4. The summed E-state index contributed by atoms with van der Waals surface area (Å²) in [4.78, 5) is 33.4. The van der Waals surface area contributed by atoms with E-state index in [1.807, 2.05) is 24.2 Å². The lowest BCUT2D eigenvalue weighted by molar-refractivity contribution is -0.139. The molecule has 4 rings (SSSR count). The highest BCUT2D eigenvalue weighted by atomic mass is 16.2. The summed E-state index contributed by atoms with van der Waals surface area (Å²) >= 11 is 0. The summed E-state index contributed by atoms with van der Waals surface area (Å²) in [5, 5.41) is 6.14. The van der Waals surface area contributed by atoms with Gasteiger partial charge in [-0.15, -0.1) is 0 Å². The number of nitrogens with one attached hydrogen (secondary N) is 2. The van der Waals surface area contributed by atoms with Gasteiger partial charge in [0.05, 0.1) is 12.1 Å². The lowest BCUT2D eigenvalue weighted by atomic mass is 9.83. The van der Waals surface area contributed by atoms with E-state index in [9.17, 15) is 9.59 Å². The Morgan fingerprint density at radius 1 is 0.972 bits per heavy atom. The highest BCUT2D eigenvalue weighted by molar-refractivity contribution is 5.90. The van der Waals surface area contributed by atoms with Crippen molar-refractivity contribution in [3.8, 4) is 11.1 Å². The third-order valence-electron chi connectivity index (χ3n) is 8.08. The molecule has 1 aromatic heterocycles. The minimum absolute atomic E-state index is 0.0112. The van der Waals surface area contributed by atoms with E-state index in [4.69, 9.17) is 0 Å². The Bertz CT molecular complexity index is 1050. The van der Waals surface area contributed by atoms with Gasteiger partial charge in [0.1, 0.15) is 6.04 Å². The number of likely N-dealkylation sites (N-methyl/N-ethyl adjacent to an activating group) is 1. The first kappa shape index (κ1) is 26.3. The highest BCUT2D eigenvalue weighted by Gasteiger charge is 2.39. The van der Waals surface area contributed by atoms with E-state index in [0.29, 0.717) is 5.92 Å². The zero-order valence-electron chi connectivity index (χ0n) is 22.3. The normalized spacial score (nSPS) is 20.4. The second-order valence-corrected chi connectivity index (χ2v) is 10.9. The molecule has 2 amide bonds. The summed E-state index contributed by atoms with van der Waals surface area (Å²) in [6.45, 7) is 6.96. The number of nitrogens with zero attached hydrogens (tertiary/aromatic N) is 2. The third kappa shape index (κ3) is 5.97. The minimum atomic E-state index is -0.465. The average molecular weight is 491 g/mol. The van der Waals surface area contributed by atoms with Gasteiger partial charge in [-0.1, -0.05) is 57.4 Å².